The molecule has 5 nitrogen and oxygen atoms in total. The molecular weight excluding hydrogens is 228 g/mol. The monoisotopic (exact) mass is 242 g/mol. The summed E-state index contributed by atoms with van der Waals surface area (Å²) in [6.45, 7) is 1.32. The van der Waals surface area contributed by atoms with Crippen LogP contribution in [-0.4, -0.2) is 19.9 Å². The summed E-state index contributed by atoms with van der Waals surface area (Å²) in [7, 11) is -3.71. The molecule has 0 amide bonds. The van der Waals surface area contributed by atoms with E-state index in [1.807, 2.05) is 0 Å². The molecule has 1 aliphatic heterocycles. The van der Waals surface area contributed by atoms with Gasteiger partial charge < -0.3 is 0 Å². The minimum absolute atomic E-state index is 0.0284. The van der Waals surface area contributed by atoms with Crippen LogP contribution < -0.4 is 4.72 Å². The summed E-state index contributed by atoms with van der Waals surface area (Å²) >= 11 is 0. The largest absolute Gasteiger partial charge is 0.342 e. The first-order valence-corrected chi connectivity index (χ1v) is 6.77. The third kappa shape index (κ3) is 2.32. The molecule has 0 aromatic carbocycles. The van der Waals surface area contributed by atoms with Crippen LogP contribution in [0.2, 0.25) is 0 Å². The van der Waals surface area contributed by atoms with Crippen molar-refractivity contribution >= 4 is 21.7 Å². The lowest BCUT2D eigenvalue weighted by Crippen LogP contribution is -2.31. The zero-order valence-electron chi connectivity index (χ0n) is 9.06. The van der Waals surface area contributed by atoms with Crippen LogP contribution in [-0.2, 0) is 15.0 Å². The number of rotatable bonds is 2. The van der Waals surface area contributed by atoms with Crippen molar-refractivity contribution in [3.8, 4) is 0 Å². The van der Waals surface area contributed by atoms with Crippen LogP contribution in [0, 0.1) is 5.92 Å². The van der Waals surface area contributed by atoms with Crippen LogP contribution in [0.15, 0.2) is 16.2 Å². The molecule has 0 atom stereocenters. The molecule has 6 heteroatoms. The highest BCUT2D eigenvalue weighted by Gasteiger charge is 2.27. The van der Waals surface area contributed by atoms with Crippen molar-refractivity contribution in [3.63, 3.8) is 0 Å². The average molecular weight is 242 g/mol. The maximum atomic E-state index is 11.4. The lowest BCUT2D eigenvalue weighted by molar-refractivity contribution is -0.111. The fraction of sp³-hybridized carbons (Fsp3) is 0.600. The van der Waals surface area contributed by atoms with Gasteiger partial charge in [-0.15, -0.1) is 4.40 Å². The van der Waals surface area contributed by atoms with E-state index in [0.717, 1.165) is 25.7 Å². The Morgan fingerprint density at radius 1 is 1.44 bits per heavy atom. The predicted molar refractivity (Wildman–Crippen MR) is 60.2 cm³/mol. The highest BCUT2D eigenvalue weighted by atomic mass is 32.2. The molecule has 1 aliphatic carbocycles. The van der Waals surface area contributed by atoms with Crippen LogP contribution in [0.25, 0.3) is 0 Å². The highest BCUT2D eigenvalue weighted by Crippen LogP contribution is 2.31. The molecular formula is C10H14N2O3S. The molecule has 16 heavy (non-hydrogen) atoms. The number of nitrogens with one attached hydrogen (secondary N) is 1. The van der Waals surface area contributed by atoms with Gasteiger partial charge >= 0.3 is 10.2 Å². The molecule has 88 valence electrons. The standard InChI is InChI=1S/C10H14N2O3S/c1-7(13)9-6-10(8-4-2-3-5-8)12-16(14,15)11-9/h6,8,12H,2-5H2,1H3. The number of ketones is 1. The molecule has 0 unspecified atom stereocenters. The van der Waals surface area contributed by atoms with Crippen molar-refractivity contribution in [2.75, 3.05) is 0 Å². The van der Waals surface area contributed by atoms with E-state index in [9.17, 15) is 13.2 Å². The summed E-state index contributed by atoms with van der Waals surface area (Å²) in [5, 5.41) is 0. The van der Waals surface area contributed by atoms with Gasteiger partial charge in [0.1, 0.15) is 5.71 Å². The maximum Gasteiger partial charge on any atom is 0.342 e. The Morgan fingerprint density at radius 2 is 2.06 bits per heavy atom. The second kappa shape index (κ2) is 4.01. The zero-order chi connectivity index (χ0) is 11.8. The second-order valence-electron chi connectivity index (χ2n) is 4.19. The first kappa shape index (κ1) is 11.3. The number of nitrogens with zero attached hydrogens (tertiary/aromatic N) is 1. The molecule has 0 aromatic heterocycles. The Balaban J connectivity index is 2.33. The van der Waals surface area contributed by atoms with Crippen LogP contribution >= 0.6 is 0 Å². The van der Waals surface area contributed by atoms with Gasteiger partial charge in [0.05, 0.1) is 0 Å². The fourth-order valence-electron chi connectivity index (χ4n) is 2.11. The summed E-state index contributed by atoms with van der Waals surface area (Å²) in [5.74, 6) is -0.0970. The minimum atomic E-state index is -3.71. The van der Waals surface area contributed by atoms with Crippen LogP contribution in [0.3, 0.4) is 0 Å². The van der Waals surface area contributed by atoms with Gasteiger partial charge in [-0.2, -0.15) is 8.42 Å². The Morgan fingerprint density at radius 3 is 2.62 bits per heavy atom. The van der Waals surface area contributed by atoms with E-state index >= 15 is 0 Å². The molecule has 0 spiro atoms. The average Bonchev–Trinajstić information content (AvgIpc) is 2.67. The normalized spacial score (nSPS) is 24.6. The smallest absolute Gasteiger partial charge is 0.293 e. The Kier molecular flexibility index (Phi) is 2.84. The SMILES string of the molecule is CC(=O)C1=NS(=O)(=O)NC(C2CCCC2)=C1. The summed E-state index contributed by atoms with van der Waals surface area (Å²) in [6, 6.07) is 0. The minimum Gasteiger partial charge on any atom is -0.293 e. The number of allylic oxidation sites excluding steroid dienone is 2. The summed E-state index contributed by atoms with van der Waals surface area (Å²) in [6.07, 6.45) is 5.73. The summed E-state index contributed by atoms with van der Waals surface area (Å²) < 4.78 is 28.7. The van der Waals surface area contributed by atoms with Gasteiger partial charge in [0.15, 0.2) is 5.78 Å². The van der Waals surface area contributed by atoms with E-state index < -0.39 is 10.2 Å². The Bertz CT molecular complexity index is 470. The van der Waals surface area contributed by atoms with E-state index in [2.05, 4.69) is 9.12 Å². The van der Waals surface area contributed by atoms with E-state index in [1.165, 1.54) is 6.92 Å². The zero-order valence-corrected chi connectivity index (χ0v) is 9.88. The molecule has 2 rings (SSSR count). The van der Waals surface area contributed by atoms with Gasteiger partial charge in [0, 0.05) is 12.6 Å². The third-order valence-electron chi connectivity index (χ3n) is 2.91. The topological polar surface area (TPSA) is 75.6 Å². The molecule has 1 heterocycles. The highest BCUT2D eigenvalue weighted by molar-refractivity contribution is 7.88. The van der Waals surface area contributed by atoms with Gasteiger partial charge in [-0.05, 0) is 24.8 Å². The number of carbonyl (C=O) groups is 1. The third-order valence-corrected chi connectivity index (χ3v) is 3.84. The number of hydrogen-bond donors (Lipinski definition) is 1. The molecule has 2 aliphatic rings. The molecule has 0 bridgehead atoms. The Hall–Kier alpha value is -1.17. The van der Waals surface area contributed by atoms with Crippen molar-refractivity contribution in [2.24, 2.45) is 10.3 Å². The van der Waals surface area contributed by atoms with Crippen LogP contribution in [0.5, 0.6) is 0 Å². The van der Waals surface area contributed by atoms with Crippen molar-refractivity contribution in [2.45, 2.75) is 32.6 Å². The molecule has 1 saturated carbocycles. The quantitative estimate of drug-likeness (QED) is 0.783. The van der Waals surface area contributed by atoms with Crippen molar-refractivity contribution in [1.82, 2.24) is 4.72 Å². The maximum absolute atomic E-state index is 11.4. The van der Waals surface area contributed by atoms with Crippen molar-refractivity contribution < 1.29 is 13.2 Å². The van der Waals surface area contributed by atoms with E-state index in [4.69, 9.17) is 0 Å². The molecule has 1 N–H and O–H groups in total. The van der Waals surface area contributed by atoms with E-state index in [0.29, 0.717) is 5.70 Å². The van der Waals surface area contributed by atoms with Gasteiger partial charge in [-0.25, -0.2) is 0 Å². The predicted octanol–water partition coefficient (Wildman–Crippen LogP) is 0.938. The molecule has 0 radical (unpaired) electrons. The van der Waals surface area contributed by atoms with Gasteiger partial charge in [-0.3, -0.25) is 9.52 Å². The van der Waals surface area contributed by atoms with E-state index in [-0.39, 0.29) is 17.4 Å². The lowest BCUT2D eigenvalue weighted by atomic mass is 10.0. The van der Waals surface area contributed by atoms with Crippen molar-refractivity contribution in [3.05, 3.63) is 11.8 Å². The lowest BCUT2D eigenvalue weighted by Gasteiger charge is -2.19. The first-order chi connectivity index (χ1) is 7.48. The van der Waals surface area contributed by atoms with Gasteiger partial charge in [0.25, 0.3) is 0 Å². The Labute approximate surface area is 94.8 Å². The molecule has 0 aromatic rings. The fourth-order valence-corrected chi connectivity index (χ4v) is 3.12. The van der Waals surface area contributed by atoms with Crippen LogP contribution in [0.1, 0.15) is 32.6 Å². The van der Waals surface area contributed by atoms with Crippen molar-refractivity contribution in [1.29, 1.82) is 0 Å². The number of carbonyl (C=O) groups excluding carboxylic acids is 1. The van der Waals surface area contributed by atoms with E-state index in [1.54, 1.807) is 6.08 Å². The van der Waals surface area contributed by atoms with Gasteiger partial charge in [-0.1, -0.05) is 12.8 Å². The number of Topliss-reactive ketones (excluding diaryl/α,β-unsaturated/α-hetero) is 1. The second-order valence-corrected chi connectivity index (χ2v) is 5.53. The molecule has 1 fully saturated rings. The van der Waals surface area contributed by atoms with Gasteiger partial charge in [0.2, 0.25) is 0 Å². The molecule has 0 saturated heterocycles. The van der Waals surface area contributed by atoms with Crippen LogP contribution in [0.4, 0.5) is 0 Å². The number of hydrogen-bond acceptors (Lipinski definition) is 3. The first-order valence-electron chi connectivity index (χ1n) is 5.33. The summed E-state index contributed by atoms with van der Waals surface area (Å²) in [5.41, 5.74) is 0.651. The summed E-state index contributed by atoms with van der Waals surface area (Å²) in [4.78, 5) is 11.2.